The smallest absolute Gasteiger partial charge is 0.235 e. The third-order valence-corrected chi connectivity index (χ3v) is 3.81. The van der Waals surface area contributed by atoms with Crippen LogP contribution >= 0.6 is 11.3 Å². The lowest BCUT2D eigenvalue weighted by atomic mass is 10.2. The standard InChI is InChI=1S/C11H12NO2S.HI/c1-3-12-7(2)15-11-4-8-6-13-14-10(8)5-9(11)12;/h4-5H,3,6H2,1-2H3;1H/q+1;/p-1. The van der Waals surface area contributed by atoms with Gasteiger partial charge in [-0.25, -0.2) is 0 Å². The predicted octanol–water partition coefficient (Wildman–Crippen LogP) is -0.655. The molecule has 0 unspecified atom stereocenters. The van der Waals surface area contributed by atoms with Gasteiger partial charge in [-0.15, -0.1) is 0 Å². The maximum atomic E-state index is 5.11. The fraction of sp³-hybridized carbons (Fsp3) is 0.364. The monoisotopic (exact) mass is 349 g/mol. The number of aromatic nitrogens is 1. The molecule has 0 radical (unpaired) electrons. The lowest BCUT2D eigenvalue weighted by molar-refractivity contribution is -0.669. The summed E-state index contributed by atoms with van der Waals surface area (Å²) >= 11 is 1.82. The van der Waals surface area contributed by atoms with Crippen LogP contribution in [0.2, 0.25) is 0 Å². The van der Waals surface area contributed by atoms with E-state index in [0.29, 0.717) is 6.61 Å². The number of fused-ring (bicyclic) bond motifs is 2. The van der Waals surface area contributed by atoms with Crippen LogP contribution in [0, 0.1) is 6.92 Å². The highest BCUT2D eigenvalue weighted by atomic mass is 127. The Morgan fingerprint density at radius 1 is 1.44 bits per heavy atom. The Bertz CT molecular complexity index is 538. The minimum absolute atomic E-state index is 0. The molecule has 1 aliphatic heterocycles. The first-order chi connectivity index (χ1) is 7.29. The Morgan fingerprint density at radius 3 is 3.00 bits per heavy atom. The van der Waals surface area contributed by atoms with Crippen LogP contribution in [-0.4, -0.2) is 0 Å². The van der Waals surface area contributed by atoms with Gasteiger partial charge in [-0.05, 0) is 13.0 Å². The SMILES string of the molecule is CC[n+]1c(C)sc2cc3c(cc21)OOC3.[I-]. The molecular formula is C11H12INO2S. The van der Waals surface area contributed by atoms with Gasteiger partial charge >= 0.3 is 0 Å². The van der Waals surface area contributed by atoms with Gasteiger partial charge in [-0.3, -0.25) is 0 Å². The molecule has 2 aromatic rings. The van der Waals surface area contributed by atoms with Crippen molar-refractivity contribution in [3.05, 3.63) is 22.7 Å². The van der Waals surface area contributed by atoms with Gasteiger partial charge in [0, 0.05) is 12.5 Å². The van der Waals surface area contributed by atoms with Gasteiger partial charge in [0.2, 0.25) is 10.5 Å². The molecule has 0 amide bonds. The Kier molecular flexibility index (Phi) is 3.37. The molecule has 1 aliphatic rings. The summed E-state index contributed by atoms with van der Waals surface area (Å²) in [5.41, 5.74) is 2.39. The fourth-order valence-corrected chi connectivity index (χ4v) is 3.14. The predicted molar refractivity (Wildman–Crippen MR) is 57.8 cm³/mol. The Hall–Kier alpha value is -0.400. The van der Waals surface area contributed by atoms with E-state index in [1.165, 1.54) is 15.2 Å². The van der Waals surface area contributed by atoms with Gasteiger partial charge in [-0.2, -0.15) is 9.45 Å². The molecule has 5 heteroatoms. The topological polar surface area (TPSA) is 22.3 Å². The molecular weight excluding hydrogens is 337 g/mol. The summed E-state index contributed by atoms with van der Waals surface area (Å²) in [4.78, 5) is 10.1. The lowest BCUT2D eigenvalue weighted by Gasteiger charge is -1.94. The maximum Gasteiger partial charge on any atom is 0.235 e. The third-order valence-electron chi connectivity index (χ3n) is 2.75. The molecule has 0 atom stereocenters. The van der Waals surface area contributed by atoms with Gasteiger partial charge in [-0.1, -0.05) is 11.3 Å². The highest BCUT2D eigenvalue weighted by molar-refractivity contribution is 7.18. The average Bonchev–Trinajstić information content (AvgIpc) is 2.76. The van der Waals surface area contributed by atoms with Crippen molar-refractivity contribution in [2.45, 2.75) is 27.0 Å². The van der Waals surface area contributed by atoms with E-state index in [0.717, 1.165) is 17.9 Å². The van der Waals surface area contributed by atoms with Crippen molar-refractivity contribution in [3.63, 3.8) is 0 Å². The minimum atomic E-state index is 0. The van der Waals surface area contributed by atoms with Crippen molar-refractivity contribution in [1.82, 2.24) is 0 Å². The maximum absolute atomic E-state index is 5.11. The molecule has 2 heterocycles. The zero-order valence-corrected chi connectivity index (χ0v) is 12.1. The van der Waals surface area contributed by atoms with Crippen LogP contribution in [0.25, 0.3) is 10.2 Å². The van der Waals surface area contributed by atoms with Crippen molar-refractivity contribution < 1.29 is 38.3 Å². The molecule has 0 N–H and O–H groups in total. The average molecular weight is 349 g/mol. The van der Waals surface area contributed by atoms with Crippen molar-refractivity contribution in [2.75, 3.05) is 0 Å². The number of hydrogen-bond acceptors (Lipinski definition) is 3. The minimum Gasteiger partial charge on any atom is -1.00 e. The lowest BCUT2D eigenvalue weighted by Crippen LogP contribution is -3.00. The van der Waals surface area contributed by atoms with E-state index in [1.807, 2.05) is 11.3 Å². The molecule has 0 bridgehead atoms. The number of hydrogen-bond donors (Lipinski definition) is 0. The number of nitrogens with zero attached hydrogens (tertiary/aromatic N) is 1. The number of halogens is 1. The zero-order chi connectivity index (χ0) is 10.4. The van der Waals surface area contributed by atoms with E-state index in [1.54, 1.807) is 0 Å². The molecule has 0 aliphatic carbocycles. The highest BCUT2D eigenvalue weighted by Crippen LogP contribution is 2.32. The van der Waals surface area contributed by atoms with Crippen LogP contribution in [0.4, 0.5) is 0 Å². The second-order valence-electron chi connectivity index (χ2n) is 3.64. The number of benzene rings is 1. The molecule has 3 nitrogen and oxygen atoms in total. The largest absolute Gasteiger partial charge is 1.00 e. The number of rotatable bonds is 1. The summed E-state index contributed by atoms with van der Waals surface area (Å²) < 4.78 is 3.60. The molecule has 0 saturated carbocycles. The third kappa shape index (κ3) is 1.70. The highest BCUT2D eigenvalue weighted by Gasteiger charge is 2.22. The van der Waals surface area contributed by atoms with Crippen LogP contribution in [0.3, 0.4) is 0 Å². The van der Waals surface area contributed by atoms with Crippen molar-refractivity contribution in [3.8, 4) is 5.75 Å². The summed E-state index contributed by atoms with van der Waals surface area (Å²) in [7, 11) is 0. The quantitative estimate of drug-likeness (QED) is 0.388. The Labute approximate surface area is 115 Å². The molecule has 16 heavy (non-hydrogen) atoms. The first-order valence-corrected chi connectivity index (χ1v) is 5.86. The summed E-state index contributed by atoms with van der Waals surface area (Å²) in [5.74, 6) is 0.863. The normalized spacial score (nSPS) is 13.4. The van der Waals surface area contributed by atoms with Crippen molar-refractivity contribution in [2.24, 2.45) is 0 Å². The van der Waals surface area contributed by atoms with Crippen molar-refractivity contribution in [1.29, 1.82) is 0 Å². The molecule has 0 spiro atoms. The number of aryl methyl sites for hydroxylation is 2. The van der Waals surface area contributed by atoms with E-state index >= 15 is 0 Å². The van der Waals surface area contributed by atoms with Crippen LogP contribution in [0.1, 0.15) is 17.5 Å². The van der Waals surface area contributed by atoms with Crippen molar-refractivity contribution >= 4 is 21.6 Å². The van der Waals surface area contributed by atoms with Gasteiger partial charge in [0.25, 0.3) is 0 Å². The van der Waals surface area contributed by atoms with Gasteiger partial charge in [0.05, 0.1) is 6.07 Å². The van der Waals surface area contributed by atoms with E-state index in [-0.39, 0.29) is 24.0 Å². The fourth-order valence-electron chi connectivity index (χ4n) is 2.01. The summed E-state index contributed by atoms with van der Waals surface area (Å²) in [6, 6.07) is 4.24. The molecule has 86 valence electrons. The second kappa shape index (κ2) is 4.46. The van der Waals surface area contributed by atoms with E-state index in [9.17, 15) is 0 Å². The Balaban J connectivity index is 0.000000963. The van der Waals surface area contributed by atoms with Gasteiger partial charge in [0.1, 0.15) is 17.9 Å². The molecule has 0 fully saturated rings. The molecule has 1 aromatic carbocycles. The summed E-state index contributed by atoms with van der Waals surface area (Å²) in [6.45, 7) is 5.86. The van der Waals surface area contributed by atoms with E-state index < -0.39 is 0 Å². The zero-order valence-electron chi connectivity index (χ0n) is 9.12. The number of thiazole rings is 1. The Morgan fingerprint density at radius 2 is 2.25 bits per heavy atom. The van der Waals surface area contributed by atoms with Crippen LogP contribution < -0.4 is 33.4 Å². The van der Waals surface area contributed by atoms with Crippen LogP contribution in [-0.2, 0) is 18.0 Å². The first kappa shape index (κ1) is 12.1. The molecule has 3 rings (SSSR count). The summed E-state index contributed by atoms with van der Waals surface area (Å²) in [5, 5.41) is 1.33. The van der Waals surface area contributed by atoms with Crippen LogP contribution in [0.5, 0.6) is 5.75 Å². The molecule has 1 aromatic heterocycles. The van der Waals surface area contributed by atoms with Gasteiger partial charge < -0.3 is 28.9 Å². The van der Waals surface area contributed by atoms with E-state index in [2.05, 4.69) is 30.5 Å². The van der Waals surface area contributed by atoms with Gasteiger partial charge in [0.15, 0.2) is 5.75 Å². The van der Waals surface area contributed by atoms with Crippen LogP contribution in [0.15, 0.2) is 12.1 Å². The van der Waals surface area contributed by atoms with E-state index in [4.69, 9.17) is 9.78 Å². The summed E-state index contributed by atoms with van der Waals surface area (Å²) in [6.07, 6.45) is 0. The first-order valence-electron chi connectivity index (χ1n) is 5.05. The second-order valence-corrected chi connectivity index (χ2v) is 4.87. The molecule has 0 saturated heterocycles.